The van der Waals surface area contributed by atoms with Gasteiger partial charge in [-0.05, 0) is 63.2 Å². The van der Waals surface area contributed by atoms with Crippen LogP contribution in [0.5, 0.6) is 0 Å². The van der Waals surface area contributed by atoms with E-state index in [4.69, 9.17) is 16.3 Å². The largest absolute Gasteiger partial charge is 0.368 e. The van der Waals surface area contributed by atoms with E-state index in [1.54, 1.807) is 12.2 Å². The first-order chi connectivity index (χ1) is 15.3. The molecule has 2 unspecified atom stereocenters. The highest BCUT2D eigenvalue weighted by atomic mass is 35.5. The molecule has 178 valence electrons. The Balaban J connectivity index is 1.58. The molecule has 0 spiro atoms. The SMILES string of the molecule is CC(O)O[C@H]1CC=CC=C1C(=O)N[C@@H](C(=O)N1CCC(C2CC=C(Cl)CC2)CC1)C(C)C. The normalized spacial score (nSPS) is 26.4. The Morgan fingerprint density at radius 1 is 1.16 bits per heavy atom. The predicted molar refractivity (Wildman–Crippen MR) is 126 cm³/mol. The van der Waals surface area contributed by atoms with Gasteiger partial charge in [-0.25, -0.2) is 0 Å². The van der Waals surface area contributed by atoms with Crippen molar-refractivity contribution in [2.24, 2.45) is 17.8 Å². The standard InChI is InChI=1S/C25H37ClN2O4/c1-16(2)23(27-24(30)21-6-4-5-7-22(21)32-17(3)29)25(31)28-14-12-19(13-15-28)18-8-10-20(26)11-9-18/h4-6,10,16-19,22-23,29H,7-9,11-15H2,1-3H3,(H,27,30)/t17?,18?,22-,23+/m0/s1. The molecule has 6 nitrogen and oxygen atoms in total. The molecular formula is C25H37ClN2O4. The molecule has 0 bridgehead atoms. The molecule has 0 aromatic carbocycles. The van der Waals surface area contributed by atoms with Crippen molar-refractivity contribution in [2.45, 2.75) is 77.7 Å². The summed E-state index contributed by atoms with van der Waals surface area (Å²) in [6, 6.07) is -0.588. The van der Waals surface area contributed by atoms with Crippen LogP contribution >= 0.6 is 11.6 Å². The van der Waals surface area contributed by atoms with Gasteiger partial charge in [0.1, 0.15) is 6.04 Å². The molecular weight excluding hydrogens is 428 g/mol. The smallest absolute Gasteiger partial charge is 0.250 e. The van der Waals surface area contributed by atoms with Crippen LogP contribution in [0.25, 0.3) is 0 Å². The summed E-state index contributed by atoms with van der Waals surface area (Å²) in [5.74, 6) is 0.925. The maximum Gasteiger partial charge on any atom is 0.250 e. The summed E-state index contributed by atoms with van der Waals surface area (Å²) in [4.78, 5) is 28.2. The van der Waals surface area contributed by atoms with Crippen LogP contribution in [-0.2, 0) is 14.3 Å². The Hall–Kier alpha value is -1.63. The molecule has 7 heteroatoms. The van der Waals surface area contributed by atoms with Crippen LogP contribution in [0.3, 0.4) is 0 Å². The maximum absolute atomic E-state index is 13.3. The van der Waals surface area contributed by atoms with E-state index < -0.39 is 18.4 Å². The van der Waals surface area contributed by atoms with E-state index >= 15 is 0 Å². The van der Waals surface area contributed by atoms with Crippen LogP contribution in [-0.4, -0.2) is 53.3 Å². The van der Waals surface area contributed by atoms with E-state index in [0.717, 1.165) is 50.2 Å². The average Bonchev–Trinajstić information content (AvgIpc) is 2.77. The maximum atomic E-state index is 13.3. The third-order valence-corrected chi connectivity index (χ3v) is 7.21. The number of rotatable bonds is 7. The monoisotopic (exact) mass is 464 g/mol. The van der Waals surface area contributed by atoms with Gasteiger partial charge < -0.3 is 20.1 Å². The fourth-order valence-corrected chi connectivity index (χ4v) is 5.17. The summed E-state index contributed by atoms with van der Waals surface area (Å²) in [5.41, 5.74) is 0.439. The number of nitrogens with zero attached hydrogens (tertiary/aromatic N) is 1. The quantitative estimate of drug-likeness (QED) is 0.560. The minimum Gasteiger partial charge on any atom is -0.368 e. The second-order valence-electron chi connectivity index (χ2n) is 9.55. The molecule has 2 aliphatic carbocycles. The molecule has 1 heterocycles. The van der Waals surface area contributed by atoms with E-state index in [-0.39, 0.29) is 17.7 Å². The summed E-state index contributed by atoms with van der Waals surface area (Å²) in [6.07, 6.45) is 11.7. The van der Waals surface area contributed by atoms with Gasteiger partial charge in [0.15, 0.2) is 6.29 Å². The predicted octanol–water partition coefficient (Wildman–Crippen LogP) is 3.90. The summed E-state index contributed by atoms with van der Waals surface area (Å²) in [5, 5.41) is 13.5. The number of aliphatic hydroxyl groups excluding tert-OH is 1. The summed E-state index contributed by atoms with van der Waals surface area (Å²) in [7, 11) is 0. The number of amides is 2. The minimum atomic E-state index is -0.970. The number of aliphatic hydroxyl groups is 1. The number of allylic oxidation sites excluding steroid dienone is 4. The lowest BCUT2D eigenvalue weighted by molar-refractivity contribution is -0.140. The topological polar surface area (TPSA) is 78.9 Å². The molecule has 32 heavy (non-hydrogen) atoms. The van der Waals surface area contributed by atoms with Crippen molar-refractivity contribution in [1.82, 2.24) is 10.2 Å². The van der Waals surface area contributed by atoms with Crippen molar-refractivity contribution >= 4 is 23.4 Å². The molecule has 0 radical (unpaired) electrons. The second kappa shape index (κ2) is 11.5. The van der Waals surface area contributed by atoms with Crippen LogP contribution < -0.4 is 5.32 Å². The highest BCUT2D eigenvalue weighted by Crippen LogP contribution is 2.36. The molecule has 3 aliphatic rings. The number of nitrogens with one attached hydrogen (secondary N) is 1. The van der Waals surface area contributed by atoms with E-state index in [1.165, 1.54) is 6.92 Å². The summed E-state index contributed by atoms with van der Waals surface area (Å²) >= 11 is 6.13. The molecule has 1 aliphatic heterocycles. The number of hydrogen-bond acceptors (Lipinski definition) is 4. The molecule has 0 saturated carbocycles. The first-order valence-electron chi connectivity index (χ1n) is 11.9. The number of carbonyl (C=O) groups excluding carboxylic acids is 2. The Kier molecular flexibility index (Phi) is 8.97. The van der Waals surface area contributed by atoms with E-state index in [1.807, 2.05) is 24.8 Å². The van der Waals surface area contributed by atoms with Crippen LogP contribution in [0.4, 0.5) is 0 Å². The number of likely N-dealkylation sites (tertiary alicyclic amines) is 1. The number of ether oxygens (including phenoxy) is 1. The molecule has 1 saturated heterocycles. The average molecular weight is 465 g/mol. The van der Waals surface area contributed by atoms with Crippen molar-refractivity contribution < 1.29 is 19.4 Å². The van der Waals surface area contributed by atoms with Crippen molar-refractivity contribution in [3.8, 4) is 0 Å². The van der Waals surface area contributed by atoms with Crippen molar-refractivity contribution in [1.29, 1.82) is 0 Å². The zero-order chi connectivity index (χ0) is 23.3. The lowest BCUT2D eigenvalue weighted by Gasteiger charge is -2.39. The van der Waals surface area contributed by atoms with Crippen molar-refractivity contribution in [3.05, 3.63) is 34.9 Å². The zero-order valence-corrected chi connectivity index (χ0v) is 20.2. The Labute approximate surface area is 196 Å². The highest BCUT2D eigenvalue weighted by Gasteiger charge is 2.35. The molecule has 0 aromatic rings. The fraction of sp³-hybridized carbons (Fsp3) is 0.680. The van der Waals surface area contributed by atoms with E-state index in [0.29, 0.717) is 23.8 Å². The Morgan fingerprint density at radius 3 is 2.47 bits per heavy atom. The van der Waals surface area contributed by atoms with Gasteiger partial charge in [-0.2, -0.15) is 0 Å². The summed E-state index contributed by atoms with van der Waals surface area (Å²) in [6.45, 7) is 6.89. The lowest BCUT2D eigenvalue weighted by Crippen LogP contribution is -2.54. The number of halogens is 1. The Bertz CT molecular complexity index is 766. The molecule has 2 N–H and O–H groups in total. The number of hydrogen-bond donors (Lipinski definition) is 2. The van der Waals surface area contributed by atoms with Gasteiger partial charge in [-0.3, -0.25) is 9.59 Å². The first kappa shape index (κ1) is 25.0. The van der Waals surface area contributed by atoms with Crippen molar-refractivity contribution in [2.75, 3.05) is 13.1 Å². The number of carbonyl (C=O) groups is 2. The first-order valence-corrected chi connectivity index (χ1v) is 12.3. The van der Waals surface area contributed by atoms with Gasteiger partial charge in [0, 0.05) is 23.7 Å². The lowest BCUT2D eigenvalue weighted by atomic mass is 9.78. The molecule has 0 aromatic heterocycles. The van der Waals surface area contributed by atoms with Gasteiger partial charge in [-0.15, -0.1) is 0 Å². The second-order valence-corrected chi connectivity index (χ2v) is 10.0. The van der Waals surface area contributed by atoms with Crippen LogP contribution in [0, 0.1) is 17.8 Å². The fourth-order valence-electron chi connectivity index (χ4n) is 4.97. The van der Waals surface area contributed by atoms with E-state index in [2.05, 4.69) is 11.4 Å². The van der Waals surface area contributed by atoms with Gasteiger partial charge in [0.25, 0.3) is 5.91 Å². The zero-order valence-electron chi connectivity index (χ0n) is 19.4. The molecule has 2 amide bonds. The van der Waals surface area contributed by atoms with Crippen LogP contribution in [0.15, 0.2) is 34.9 Å². The molecule has 1 fully saturated rings. The van der Waals surface area contributed by atoms with Crippen LogP contribution in [0.2, 0.25) is 0 Å². The minimum absolute atomic E-state index is 0.0154. The van der Waals surface area contributed by atoms with E-state index in [9.17, 15) is 14.7 Å². The third kappa shape index (κ3) is 6.46. The van der Waals surface area contributed by atoms with Gasteiger partial charge >= 0.3 is 0 Å². The van der Waals surface area contributed by atoms with Gasteiger partial charge in [0.05, 0.1) is 6.10 Å². The molecule has 3 rings (SSSR count). The van der Waals surface area contributed by atoms with Crippen molar-refractivity contribution in [3.63, 3.8) is 0 Å². The van der Waals surface area contributed by atoms with Crippen LogP contribution in [0.1, 0.15) is 59.3 Å². The Morgan fingerprint density at radius 2 is 1.88 bits per heavy atom. The summed E-state index contributed by atoms with van der Waals surface area (Å²) < 4.78 is 5.49. The highest BCUT2D eigenvalue weighted by molar-refractivity contribution is 6.29. The van der Waals surface area contributed by atoms with Gasteiger partial charge in [-0.1, -0.05) is 49.8 Å². The number of piperidine rings is 1. The molecule has 4 atom stereocenters. The third-order valence-electron chi connectivity index (χ3n) is 6.87. The van der Waals surface area contributed by atoms with Gasteiger partial charge in [0.2, 0.25) is 5.91 Å².